The van der Waals surface area contributed by atoms with Gasteiger partial charge in [-0.15, -0.1) is 0 Å². The number of carbonyl (C=O) groups is 1. The summed E-state index contributed by atoms with van der Waals surface area (Å²) in [5, 5.41) is 10.1. The monoisotopic (exact) mass is 679 g/mol. The minimum absolute atomic E-state index is 0.00379. The SMILES string of the molecule is N#CC[C@H]1CN(c2nc(OC[C@@]34CCCN3C[C@H](F)C4)nc3c(F)c(-c4ccccc4C4CC4)ncc23)CCN1C(=O)OCc1ccccc1. The number of hydrogen-bond acceptors (Lipinski definition) is 9. The third kappa shape index (κ3) is 6.19. The van der Waals surface area contributed by atoms with Gasteiger partial charge in [-0.1, -0.05) is 54.6 Å². The van der Waals surface area contributed by atoms with E-state index in [1.807, 2.05) is 59.5 Å². The highest BCUT2D eigenvalue weighted by Gasteiger charge is 2.49. The fourth-order valence-corrected chi connectivity index (χ4v) is 8.00. The molecule has 8 rings (SSSR count). The molecule has 3 saturated heterocycles. The number of aromatic nitrogens is 3. The quantitative estimate of drug-likeness (QED) is 0.199. The molecule has 258 valence electrons. The lowest BCUT2D eigenvalue weighted by Gasteiger charge is -2.40. The van der Waals surface area contributed by atoms with Crippen molar-refractivity contribution < 1.29 is 23.0 Å². The summed E-state index contributed by atoms with van der Waals surface area (Å²) in [6, 6.07) is 18.9. The molecule has 0 spiro atoms. The van der Waals surface area contributed by atoms with Crippen LogP contribution in [0.1, 0.15) is 55.6 Å². The number of carbonyl (C=O) groups excluding carboxylic acids is 1. The van der Waals surface area contributed by atoms with Gasteiger partial charge >= 0.3 is 12.1 Å². The second kappa shape index (κ2) is 13.4. The Labute approximate surface area is 289 Å². The van der Waals surface area contributed by atoms with E-state index in [0.717, 1.165) is 48.9 Å². The lowest BCUT2D eigenvalue weighted by molar-refractivity contribution is 0.0768. The predicted molar refractivity (Wildman–Crippen MR) is 183 cm³/mol. The number of fused-ring (bicyclic) bond motifs is 2. The van der Waals surface area contributed by atoms with Gasteiger partial charge in [-0.25, -0.2) is 13.6 Å². The number of piperazine rings is 1. The Bertz CT molecular complexity index is 1940. The van der Waals surface area contributed by atoms with Crippen LogP contribution < -0.4 is 9.64 Å². The Morgan fingerprint density at radius 1 is 1.04 bits per heavy atom. The Kier molecular flexibility index (Phi) is 8.69. The molecular formula is C38H39F2N7O3. The van der Waals surface area contributed by atoms with Gasteiger partial charge in [0.2, 0.25) is 0 Å². The van der Waals surface area contributed by atoms with E-state index in [0.29, 0.717) is 36.6 Å². The van der Waals surface area contributed by atoms with Crippen LogP contribution in [-0.2, 0) is 11.3 Å². The maximum absolute atomic E-state index is 16.7. The maximum atomic E-state index is 16.7. The van der Waals surface area contributed by atoms with Crippen molar-refractivity contribution in [1.29, 1.82) is 5.26 Å². The third-order valence-corrected chi connectivity index (χ3v) is 10.7. The van der Waals surface area contributed by atoms with Crippen LogP contribution in [0.25, 0.3) is 22.2 Å². The summed E-state index contributed by atoms with van der Waals surface area (Å²) < 4.78 is 43.2. The summed E-state index contributed by atoms with van der Waals surface area (Å²) in [4.78, 5) is 33.0. The summed E-state index contributed by atoms with van der Waals surface area (Å²) in [6.07, 6.45) is 4.53. The molecule has 1 saturated carbocycles. The molecule has 4 aromatic rings. The van der Waals surface area contributed by atoms with Crippen LogP contribution in [0.15, 0.2) is 60.8 Å². The fraction of sp³-hybridized carbons (Fsp3) is 0.447. The smallest absolute Gasteiger partial charge is 0.410 e. The molecule has 2 aromatic heterocycles. The lowest BCUT2D eigenvalue weighted by atomic mass is 9.95. The van der Waals surface area contributed by atoms with Crippen molar-refractivity contribution in [3.05, 3.63) is 77.7 Å². The topological polar surface area (TPSA) is 108 Å². The number of pyridine rings is 1. The second-order valence-electron chi connectivity index (χ2n) is 13.9. The fourth-order valence-electron chi connectivity index (χ4n) is 8.00. The van der Waals surface area contributed by atoms with E-state index in [1.165, 1.54) is 0 Å². The van der Waals surface area contributed by atoms with E-state index < -0.39 is 29.7 Å². The van der Waals surface area contributed by atoms with Crippen LogP contribution in [0, 0.1) is 17.1 Å². The highest BCUT2D eigenvalue weighted by Crippen LogP contribution is 2.45. The molecule has 50 heavy (non-hydrogen) atoms. The van der Waals surface area contributed by atoms with E-state index in [9.17, 15) is 14.4 Å². The number of nitriles is 1. The van der Waals surface area contributed by atoms with Gasteiger partial charge in [0.15, 0.2) is 5.82 Å². The van der Waals surface area contributed by atoms with Crippen molar-refractivity contribution in [1.82, 2.24) is 24.8 Å². The molecule has 1 amide bonds. The molecule has 4 fully saturated rings. The van der Waals surface area contributed by atoms with Crippen molar-refractivity contribution in [2.24, 2.45) is 0 Å². The number of rotatable bonds is 9. The van der Waals surface area contributed by atoms with Gasteiger partial charge in [-0.3, -0.25) is 9.88 Å². The van der Waals surface area contributed by atoms with Gasteiger partial charge in [0.1, 0.15) is 36.4 Å². The van der Waals surface area contributed by atoms with Gasteiger partial charge in [0, 0.05) is 44.4 Å². The molecule has 4 aliphatic rings. The van der Waals surface area contributed by atoms with Gasteiger partial charge < -0.3 is 19.3 Å². The Morgan fingerprint density at radius 2 is 1.86 bits per heavy atom. The molecule has 5 heterocycles. The van der Waals surface area contributed by atoms with Crippen LogP contribution in [0.5, 0.6) is 6.01 Å². The Morgan fingerprint density at radius 3 is 2.68 bits per heavy atom. The zero-order valence-corrected chi connectivity index (χ0v) is 27.8. The van der Waals surface area contributed by atoms with Gasteiger partial charge in [0.25, 0.3) is 0 Å². The van der Waals surface area contributed by atoms with Crippen LogP contribution in [0.3, 0.4) is 0 Å². The Hall–Kier alpha value is -4.89. The molecule has 10 nitrogen and oxygen atoms in total. The summed E-state index contributed by atoms with van der Waals surface area (Å²) in [6.45, 7) is 2.39. The first-order chi connectivity index (χ1) is 24.4. The molecule has 1 aliphatic carbocycles. The highest BCUT2D eigenvalue weighted by atomic mass is 19.1. The van der Waals surface area contributed by atoms with Crippen LogP contribution in [0.2, 0.25) is 0 Å². The molecular weight excluding hydrogens is 640 g/mol. The van der Waals surface area contributed by atoms with Crippen LogP contribution in [-0.4, -0.2) is 87.9 Å². The maximum Gasteiger partial charge on any atom is 0.410 e. The number of halogens is 2. The van der Waals surface area contributed by atoms with Crippen molar-refractivity contribution in [3.8, 4) is 23.3 Å². The van der Waals surface area contributed by atoms with Crippen molar-refractivity contribution >= 4 is 22.8 Å². The van der Waals surface area contributed by atoms with E-state index in [1.54, 1.807) is 11.1 Å². The first-order valence-corrected chi connectivity index (χ1v) is 17.5. The molecule has 3 aliphatic heterocycles. The second-order valence-corrected chi connectivity index (χ2v) is 13.9. The first-order valence-electron chi connectivity index (χ1n) is 17.5. The number of hydrogen-bond donors (Lipinski definition) is 0. The average molecular weight is 680 g/mol. The number of anilines is 1. The van der Waals surface area contributed by atoms with Crippen LogP contribution >= 0.6 is 0 Å². The molecule has 0 N–H and O–H groups in total. The molecule has 3 atom stereocenters. The Balaban J connectivity index is 1.12. The van der Waals surface area contributed by atoms with Crippen molar-refractivity contribution in [2.45, 2.75) is 68.8 Å². The van der Waals surface area contributed by atoms with E-state index in [-0.39, 0.29) is 49.9 Å². The minimum atomic E-state index is -0.919. The van der Waals surface area contributed by atoms with E-state index in [2.05, 4.69) is 20.9 Å². The van der Waals surface area contributed by atoms with E-state index >= 15 is 4.39 Å². The highest BCUT2D eigenvalue weighted by molar-refractivity contribution is 5.92. The molecule has 0 bridgehead atoms. The number of amides is 1. The third-order valence-electron chi connectivity index (χ3n) is 10.7. The number of benzene rings is 2. The summed E-state index contributed by atoms with van der Waals surface area (Å²) >= 11 is 0. The molecule has 2 aromatic carbocycles. The first kappa shape index (κ1) is 32.3. The molecule has 0 radical (unpaired) electrons. The largest absolute Gasteiger partial charge is 0.461 e. The normalized spacial score (nSPS) is 23.5. The average Bonchev–Trinajstić information content (AvgIpc) is 3.84. The van der Waals surface area contributed by atoms with Gasteiger partial charge in [-0.2, -0.15) is 15.2 Å². The van der Waals surface area contributed by atoms with Gasteiger partial charge in [-0.05, 0) is 49.3 Å². The van der Waals surface area contributed by atoms with Crippen LogP contribution in [0.4, 0.5) is 19.4 Å². The summed E-state index contributed by atoms with van der Waals surface area (Å²) in [5.74, 6) is 0.232. The zero-order valence-electron chi connectivity index (χ0n) is 27.8. The zero-order chi connectivity index (χ0) is 34.2. The number of nitrogens with zero attached hydrogens (tertiary/aromatic N) is 7. The van der Waals surface area contributed by atoms with Crippen molar-refractivity contribution in [2.75, 3.05) is 44.2 Å². The summed E-state index contributed by atoms with van der Waals surface area (Å²) in [7, 11) is 0. The summed E-state index contributed by atoms with van der Waals surface area (Å²) in [5.41, 5.74) is 2.55. The molecule has 0 unspecified atom stereocenters. The minimum Gasteiger partial charge on any atom is -0.461 e. The standard InChI is InChI=1S/C38H39F2N7O3/c39-27-19-38(14-6-16-46(38)21-27)24-50-36-43-34-31(20-42-33(32(34)40)30-10-5-4-9-29(30)26-11-12-26)35(44-36)45-17-18-47(28(22-45)13-15-41)37(48)49-23-25-7-2-1-3-8-25/h1-5,7-10,20,26-28H,6,11-14,16-19,21-24H2/t27-,28+,38+/m1/s1. The number of ether oxygens (including phenoxy) is 2. The molecule has 12 heteroatoms. The number of alkyl halides is 1. The van der Waals surface area contributed by atoms with Crippen molar-refractivity contribution in [3.63, 3.8) is 0 Å². The lowest BCUT2D eigenvalue weighted by Crippen LogP contribution is -2.55. The predicted octanol–water partition coefficient (Wildman–Crippen LogP) is 6.40. The van der Waals surface area contributed by atoms with Gasteiger partial charge in [0.05, 0.1) is 29.5 Å². The van der Waals surface area contributed by atoms with E-state index in [4.69, 9.17) is 14.5 Å².